The molecule has 4 fully saturated rings. The lowest BCUT2D eigenvalue weighted by Crippen LogP contribution is -2.45. The van der Waals surface area contributed by atoms with Crippen LogP contribution in [0.5, 0.6) is 0 Å². The van der Waals surface area contributed by atoms with Crippen molar-refractivity contribution in [3.8, 4) is 33.6 Å². The van der Waals surface area contributed by atoms with Crippen molar-refractivity contribution in [1.82, 2.24) is 39.5 Å². The van der Waals surface area contributed by atoms with Gasteiger partial charge in [0, 0.05) is 36.4 Å². The SMILES string of the molecule is O=C([C@@H](c1ccccc1)N1CCCCC1)N1CC(F)(F)C[C@H]1c1nc(-c2ccc(-c3ccc(-c4c[nH]c([C@@H]5CC(F)(F)CN5C(=O)[C@@H](c5ccccc5)N5CCCCC5)n4)cc3)cc2)c[nH]1. The number of benzene rings is 4. The van der Waals surface area contributed by atoms with Crippen molar-refractivity contribution < 1.29 is 27.2 Å². The molecule has 10 nitrogen and oxygen atoms in total. The fraction of sp³-hybridized carbons (Fsp3) is 0.385. The third-order valence-corrected chi connectivity index (χ3v) is 13.8. The standard InChI is InChI=1S/C52H54F4N8O2/c53-51(54)29-43(63(33-51)49(65)45(39-13-5-1-6-14-39)61-25-9-3-10-26-61)47-57-31-41(59-47)37-21-17-35(18-22-37)36-19-23-38(24-20-36)42-32-58-48(60-42)44-30-52(55,56)34-64(44)50(66)46(40-15-7-2-8-16-40)62-27-11-4-12-28-62/h1-2,5-8,13-24,31-32,43-46H,3-4,9-12,25-30,33-34H2,(H,57,59)(H,58,60)/t43-,44-,45+,46+/m0/s1. The molecule has 4 atom stereocenters. The van der Waals surface area contributed by atoms with Gasteiger partial charge in [0.05, 0.1) is 36.6 Å². The molecule has 0 spiro atoms. The maximum Gasteiger partial charge on any atom is 0.267 e. The zero-order valence-electron chi connectivity index (χ0n) is 36.8. The Bertz CT molecular complexity index is 2430. The first kappa shape index (κ1) is 43.8. The highest BCUT2D eigenvalue weighted by Gasteiger charge is 2.52. The first-order chi connectivity index (χ1) is 32.0. The molecule has 4 saturated heterocycles. The minimum atomic E-state index is -3.05. The highest BCUT2D eigenvalue weighted by Crippen LogP contribution is 2.45. The van der Waals surface area contributed by atoms with Crippen molar-refractivity contribution in [2.75, 3.05) is 39.3 Å². The normalized spacial score (nSPS) is 22.1. The van der Waals surface area contributed by atoms with Crippen LogP contribution in [0.2, 0.25) is 0 Å². The van der Waals surface area contributed by atoms with Crippen LogP contribution in [0.1, 0.15) is 98.3 Å². The molecular formula is C52H54F4N8O2. The van der Waals surface area contributed by atoms with Crippen LogP contribution in [0.4, 0.5) is 17.6 Å². The second-order valence-corrected chi connectivity index (χ2v) is 18.4. The van der Waals surface area contributed by atoms with E-state index in [0.29, 0.717) is 23.0 Å². The van der Waals surface area contributed by atoms with E-state index in [9.17, 15) is 9.59 Å². The summed E-state index contributed by atoms with van der Waals surface area (Å²) in [6.07, 6.45) is 8.39. The van der Waals surface area contributed by atoms with E-state index in [4.69, 9.17) is 9.97 Å². The van der Waals surface area contributed by atoms with Gasteiger partial charge >= 0.3 is 0 Å². The van der Waals surface area contributed by atoms with E-state index in [2.05, 4.69) is 19.8 Å². The smallest absolute Gasteiger partial charge is 0.267 e. The first-order valence-corrected chi connectivity index (χ1v) is 23.3. The van der Waals surface area contributed by atoms with Crippen LogP contribution in [-0.2, 0) is 9.59 Å². The van der Waals surface area contributed by atoms with Gasteiger partial charge in [-0.1, -0.05) is 122 Å². The number of carbonyl (C=O) groups is 2. The fourth-order valence-corrected chi connectivity index (χ4v) is 10.5. The summed E-state index contributed by atoms with van der Waals surface area (Å²) in [4.78, 5) is 51.4. The number of nitrogens with zero attached hydrogens (tertiary/aromatic N) is 6. The number of likely N-dealkylation sites (tertiary alicyclic amines) is 4. The van der Waals surface area contributed by atoms with E-state index in [1.54, 1.807) is 12.4 Å². The van der Waals surface area contributed by atoms with Gasteiger partial charge in [-0.3, -0.25) is 19.4 Å². The van der Waals surface area contributed by atoms with Gasteiger partial charge in [-0.15, -0.1) is 0 Å². The molecule has 6 aromatic rings. The van der Waals surface area contributed by atoms with Crippen molar-refractivity contribution in [2.24, 2.45) is 0 Å². The summed E-state index contributed by atoms with van der Waals surface area (Å²) in [5.41, 5.74) is 6.23. The number of halogens is 4. The fourth-order valence-electron chi connectivity index (χ4n) is 10.5. The zero-order valence-corrected chi connectivity index (χ0v) is 36.8. The first-order valence-electron chi connectivity index (χ1n) is 23.3. The molecule has 4 aliphatic rings. The molecule has 2 aromatic heterocycles. The number of alkyl halides is 4. The van der Waals surface area contributed by atoms with Crippen molar-refractivity contribution in [1.29, 1.82) is 0 Å². The van der Waals surface area contributed by atoms with Crippen LogP contribution in [0.25, 0.3) is 33.6 Å². The predicted molar refractivity (Wildman–Crippen MR) is 244 cm³/mol. The van der Waals surface area contributed by atoms with Crippen molar-refractivity contribution in [2.45, 2.75) is 87.4 Å². The zero-order chi connectivity index (χ0) is 45.4. The van der Waals surface area contributed by atoms with Crippen LogP contribution in [0.15, 0.2) is 122 Å². The van der Waals surface area contributed by atoms with E-state index in [1.807, 2.05) is 109 Å². The Morgan fingerprint density at radius 3 is 1.21 bits per heavy atom. The topological polar surface area (TPSA) is 104 Å². The number of aromatic nitrogens is 4. The molecule has 66 heavy (non-hydrogen) atoms. The second kappa shape index (κ2) is 18.3. The van der Waals surface area contributed by atoms with Crippen LogP contribution in [-0.4, -0.2) is 102 Å². The molecule has 2 amide bonds. The Balaban J connectivity index is 0.832. The third kappa shape index (κ3) is 9.05. The molecule has 4 aliphatic heterocycles. The number of rotatable bonds is 11. The van der Waals surface area contributed by atoms with Gasteiger partial charge in [0.2, 0.25) is 11.8 Å². The maximum atomic E-state index is 15.2. The Hall–Kier alpha value is -6.12. The second-order valence-electron chi connectivity index (χ2n) is 18.4. The number of hydrogen-bond acceptors (Lipinski definition) is 6. The average molecular weight is 899 g/mol. The van der Waals surface area contributed by atoms with Gasteiger partial charge in [0.25, 0.3) is 11.8 Å². The third-order valence-electron chi connectivity index (χ3n) is 13.8. The summed E-state index contributed by atoms with van der Waals surface area (Å²) < 4.78 is 60.9. The molecule has 0 bridgehead atoms. The van der Waals surface area contributed by atoms with Gasteiger partial charge in [-0.25, -0.2) is 27.5 Å². The van der Waals surface area contributed by atoms with E-state index >= 15 is 17.6 Å². The summed E-state index contributed by atoms with van der Waals surface area (Å²) in [7, 11) is 0. The predicted octanol–water partition coefficient (Wildman–Crippen LogP) is 10.4. The number of carbonyl (C=O) groups excluding carboxylic acids is 2. The summed E-state index contributed by atoms with van der Waals surface area (Å²) in [6.45, 7) is 1.63. The molecule has 4 aromatic carbocycles. The van der Waals surface area contributed by atoms with Crippen LogP contribution in [0.3, 0.4) is 0 Å². The molecular weight excluding hydrogens is 845 g/mol. The Kier molecular flexibility index (Phi) is 12.1. The van der Waals surface area contributed by atoms with E-state index < -0.39 is 61.9 Å². The Morgan fingerprint density at radius 1 is 0.500 bits per heavy atom. The van der Waals surface area contributed by atoms with Gasteiger partial charge in [0.1, 0.15) is 23.7 Å². The minimum Gasteiger partial charge on any atom is -0.346 e. The quantitative estimate of drug-likeness (QED) is 0.126. The van der Waals surface area contributed by atoms with Crippen LogP contribution in [0, 0.1) is 0 Å². The highest BCUT2D eigenvalue weighted by atomic mass is 19.3. The lowest BCUT2D eigenvalue weighted by molar-refractivity contribution is -0.140. The average Bonchev–Trinajstić information content (AvgIpc) is 4.16. The largest absolute Gasteiger partial charge is 0.346 e. The number of amides is 2. The van der Waals surface area contributed by atoms with E-state index in [1.165, 1.54) is 9.80 Å². The van der Waals surface area contributed by atoms with Gasteiger partial charge < -0.3 is 19.8 Å². The number of nitrogens with one attached hydrogen (secondary N) is 2. The summed E-state index contributed by atoms with van der Waals surface area (Å²) in [5, 5.41) is 0. The number of piperidine rings is 2. The van der Waals surface area contributed by atoms with Gasteiger partial charge in [-0.2, -0.15) is 0 Å². The molecule has 6 heterocycles. The Labute approximate surface area is 382 Å². The maximum absolute atomic E-state index is 15.2. The molecule has 0 aliphatic carbocycles. The number of aromatic amines is 2. The molecule has 14 heteroatoms. The van der Waals surface area contributed by atoms with Gasteiger partial charge in [-0.05, 0) is 74.1 Å². The van der Waals surface area contributed by atoms with E-state index in [0.717, 1.165) is 98.1 Å². The van der Waals surface area contributed by atoms with Crippen molar-refractivity contribution >= 4 is 11.8 Å². The van der Waals surface area contributed by atoms with Crippen LogP contribution >= 0.6 is 0 Å². The molecule has 0 saturated carbocycles. The Morgan fingerprint density at radius 2 is 0.848 bits per heavy atom. The lowest BCUT2D eigenvalue weighted by atomic mass is 10.00. The minimum absolute atomic E-state index is 0.330. The molecule has 0 radical (unpaired) electrons. The number of H-pyrrole nitrogens is 2. The summed E-state index contributed by atoms with van der Waals surface area (Å²) in [5.74, 6) is -6.11. The van der Waals surface area contributed by atoms with Crippen molar-refractivity contribution in [3.05, 3.63) is 144 Å². The molecule has 342 valence electrons. The summed E-state index contributed by atoms with van der Waals surface area (Å²) in [6, 6.07) is 31.4. The molecule has 2 N–H and O–H groups in total. The van der Waals surface area contributed by atoms with Crippen LogP contribution < -0.4 is 0 Å². The van der Waals surface area contributed by atoms with Crippen molar-refractivity contribution in [3.63, 3.8) is 0 Å². The summed E-state index contributed by atoms with van der Waals surface area (Å²) >= 11 is 0. The van der Waals surface area contributed by atoms with E-state index in [-0.39, 0.29) is 11.8 Å². The number of imidazole rings is 2. The van der Waals surface area contributed by atoms with Gasteiger partial charge in [0.15, 0.2) is 0 Å². The molecule has 10 rings (SSSR count). The number of hydrogen-bond donors (Lipinski definition) is 2. The lowest BCUT2D eigenvalue weighted by Gasteiger charge is -2.37. The highest BCUT2D eigenvalue weighted by molar-refractivity contribution is 5.85. The molecule has 0 unspecified atom stereocenters. The monoisotopic (exact) mass is 898 g/mol.